The topological polar surface area (TPSA) is 58.6 Å². The van der Waals surface area contributed by atoms with E-state index in [0.29, 0.717) is 31.7 Å². The number of carbonyl (C=O) groups excluding carboxylic acids is 2. The largest absolute Gasteiger partial charge is 0.449 e. The fraction of sp³-hybridized carbons (Fsp3) is 0.800. The highest BCUT2D eigenvalue weighted by molar-refractivity contribution is 5.88. The number of unbranched alkanes of at least 4 members (excludes halogenated alkanes) is 19. The van der Waals surface area contributed by atoms with Gasteiger partial charge in [0.25, 0.3) is 5.91 Å². The maximum Gasteiger partial charge on any atom is 0.307 e. The Labute approximate surface area is 342 Å². The lowest BCUT2D eigenvalue weighted by atomic mass is 9.87. The van der Waals surface area contributed by atoms with E-state index in [4.69, 9.17) is 4.74 Å². The zero-order valence-corrected chi connectivity index (χ0v) is 36.9. The molecule has 1 saturated heterocycles. The number of ether oxygens (including phenoxy) is 1. The van der Waals surface area contributed by atoms with E-state index in [0.717, 1.165) is 90.1 Å². The number of carbonyl (C=O) groups is 2. The SMILES string of the molecule is CCCCC/C=C\C/C=C\CCCCCCCCC(CCCCCCCC/C=C\C/C=C\CCCCC)(OC(=O)CC1CCN(C)CC1)C(=O)NCCCC. The van der Waals surface area contributed by atoms with Crippen molar-refractivity contribution in [3.8, 4) is 0 Å². The molecule has 0 saturated carbocycles. The summed E-state index contributed by atoms with van der Waals surface area (Å²) in [4.78, 5) is 29.9. The summed E-state index contributed by atoms with van der Waals surface area (Å²) in [7, 11) is 2.15. The van der Waals surface area contributed by atoms with Crippen molar-refractivity contribution in [2.75, 3.05) is 26.7 Å². The summed E-state index contributed by atoms with van der Waals surface area (Å²) in [6.45, 7) is 9.36. The molecule has 1 amide bonds. The van der Waals surface area contributed by atoms with E-state index in [1.807, 2.05) is 0 Å². The van der Waals surface area contributed by atoms with Crippen LogP contribution >= 0.6 is 0 Å². The molecule has 0 aromatic carbocycles. The van der Waals surface area contributed by atoms with Crippen LogP contribution in [0.15, 0.2) is 48.6 Å². The molecule has 0 radical (unpaired) electrons. The summed E-state index contributed by atoms with van der Waals surface area (Å²) in [5.41, 5.74) is -1.04. The lowest BCUT2D eigenvalue weighted by molar-refractivity contribution is -0.172. The van der Waals surface area contributed by atoms with E-state index < -0.39 is 5.60 Å². The summed E-state index contributed by atoms with van der Waals surface area (Å²) in [5, 5.41) is 3.20. The van der Waals surface area contributed by atoms with E-state index in [9.17, 15) is 9.59 Å². The van der Waals surface area contributed by atoms with Crippen LogP contribution in [0, 0.1) is 5.92 Å². The smallest absolute Gasteiger partial charge is 0.307 e. The zero-order valence-electron chi connectivity index (χ0n) is 36.9. The summed E-state index contributed by atoms with van der Waals surface area (Å²) >= 11 is 0. The van der Waals surface area contributed by atoms with Crippen molar-refractivity contribution in [2.24, 2.45) is 5.92 Å². The summed E-state index contributed by atoms with van der Waals surface area (Å²) in [5.74, 6) is 0.136. The number of piperidine rings is 1. The predicted molar refractivity (Wildman–Crippen MR) is 240 cm³/mol. The van der Waals surface area contributed by atoms with Crippen molar-refractivity contribution in [2.45, 2.75) is 225 Å². The molecular weight excluding hydrogens is 677 g/mol. The molecule has 1 N–H and O–H groups in total. The molecular formula is C50H90N2O3. The average molecular weight is 767 g/mol. The van der Waals surface area contributed by atoms with Crippen molar-refractivity contribution >= 4 is 11.9 Å². The van der Waals surface area contributed by atoms with E-state index in [-0.39, 0.29) is 11.9 Å². The van der Waals surface area contributed by atoms with Crippen LogP contribution in [0.1, 0.15) is 220 Å². The van der Waals surface area contributed by atoms with E-state index in [1.54, 1.807) is 0 Å². The lowest BCUT2D eigenvalue weighted by Crippen LogP contribution is -2.50. The van der Waals surface area contributed by atoms with Gasteiger partial charge in [-0.3, -0.25) is 9.59 Å². The molecule has 0 aromatic rings. The standard InChI is InChI=1S/C50H90N2O3/c1-5-8-11-13-15-17-19-21-23-25-27-29-31-33-35-37-41-50(49(54)51-43-10-7-3,55-48(53)46-47-39-44-52(4)45-40-47)42-38-36-34-32-30-28-26-24-22-20-18-16-14-12-9-6-2/h15-18,21-24,47H,5-14,19-20,25-46H2,1-4H3,(H,51,54)/b17-15-,18-16-,23-21-,24-22-. The predicted octanol–water partition coefficient (Wildman–Crippen LogP) is 14.3. The van der Waals surface area contributed by atoms with Gasteiger partial charge in [-0.2, -0.15) is 0 Å². The molecule has 0 bridgehead atoms. The minimum Gasteiger partial charge on any atom is -0.449 e. The molecule has 0 unspecified atom stereocenters. The minimum absolute atomic E-state index is 0.0529. The number of nitrogens with zero attached hydrogens (tertiary/aromatic N) is 1. The Morgan fingerprint density at radius 1 is 0.564 bits per heavy atom. The Hall–Kier alpha value is -2.14. The van der Waals surface area contributed by atoms with Crippen LogP contribution in [0.5, 0.6) is 0 Å². The summed E-state index contributed by atoms with van der Waals surface area (Å²) in [6, 6.07) is 0. The first-order valence-corrected chi connectivity index (χ1v) is 23.8. The van der Waals surface area contributed by atoms with Crippen LogP contribution in [-0.2, 0) is 14.3 Å². The number of hydrogen-bond donors (Lipinski definition) is 1. The van der Waals surface area contributed by atoms with Crippen LogP contribution < -0.4 is 5.32 Å². The second kappa shape index (κ2) is 37.4. The Morgan fingerprint density at radius 3 is 1.40 bits per heavy atom. The van der Waals surface area contributed by atoms with E-state index >= 15 is 0 Å². The summed E-state index contributed by atoms with van der Waals surface area (Å²) < 4.78 is 6.42. The third-order valence-corrected chi connectivity index (χ3v) is 11.4. The van der Waals surface area contributed by atoms with Crippen molar-refractivity contribution in [1.82, 2.24) is 10.2 Å². The number of rotatable bonds is 37. The Balaban J connectivity index is 2.60. The third-order valence-electron chi connectivity index (χ3n) is 11.4. The van der Waals surface area contributed by atoms with Gasteiger partial charge in [0.2, 0.25) is 0 Å². The van der Waals surface area contributed by atoms with Gasteiger partial charge in [-0.1, -0.05) is 153 Å². The number of likely N-dealkylation sites (tertiary alicyclic amines) is 1. The van der Waals surface area contributed by atoms with Gasteiger partial charge in [0, 0.05) is 13.0 Å². The highest BCUT2D eigenvalue weighted by Gasteiger charge is 2.41. The molecule has 1 aliphatic heterocycles. The molecule has 1 rings (SSSR count). The maximum absolute atomic E-state index is 14.0. The minimum atomic E-state index is -1.04. The number of nitrogens with one attached hydrogen (secondary N) is 1. The molecule has 55 heavy (non-hydrogen) atoms. The van der Waals surface area contributed by atoms with Crippen molar-refractivity contribution in [1.29, 1.82) is 0 Å². The van der Waals surface area contributed by atoms with Gasteiger partial charge < -0.3 is 15.0 Å². The highest BCUT2D eigenvalue weighted by atomic mass is 16.6. The fourth-order valence-electron chi connectivity index (χ4n) is 7.60. The van der Waals surface area contributed by atoms with Crippen LogP contribution in [0.3, 0.4) is 0 Å². The number of allylic oxidation sites excluding steroid dienone is 8. The van der Waals surface area contributed by atoms with Gasteiger partial charge in [-0.25, -0.2) is 0 Å². The first-order chi connectivity index (χ1) is 27.0. The average Bonchev–Trinajstić information content (AvgIpc) is 3.18. The van der Waals surface area contributed by atoms with Crippen molar-refractivity contribution < 1.29 is 14.3 Å². The van der Waals surface area contributed by atoms with Gasteiger partial charge in [-0.15, -0.1) is 0 Å². The normalized spacial score (nSPS) is 14.7. The number of hydrogen-bond acceptors (Lipinski definition) is 4. The molecule has 318 valence electrons. The molecule has 1 aliphatic rings. The van der Waals surface area contributed by atoms with Crippen molar-refractivity contribution in [3.05, 3.63) is 48.6 Å². The van der Waals surface area contributed by atoms with Gasteiger partial charge >= 0.3 is 5.97 Å². The molecule has 1 heterocycles. The first-order valence-electron chi connectivity index (χ1n) is 23.8. The molecule has 0 spiro atoms. The highest BCUT2D eigenvalue weighted by Crippen LogP contribution is 2.31. The zero-order chi connectivity index (χ0) is 39.9. The van der Waals surface area contributed by atoms with Crippen LogP contribution in [-0.4, -0.2) is 49.1 Å². The Morgan fingerprint density at radius 2 is 0.964 bits per heavy atom. The second-order valence-corrected chi connectivity index (χ2v) is 16.7. The van der Waals surface area contributed by atoms with E-state index in [2.05, 4.69) is 86.6 Å². The third kappa shape index (κ3) is 29.7. The van der Waals surface area contributed by atoms with Crippen molar-refractivity contribution in [3.63, 3.8) is 0 Å². The molecule has 0 aromatic heterocycles. The fourth-order valence-corrected chi connectivity index (χ4v) is 7.60. The quantitative estimate of drug-likeness (QED) is 0.0389. The number of amides is 1. The van der Waals surface area contributed by atoms with Gasteiger partial charge in [-0.05, 0) is 135 Å². The maximum atomic E-state index is 14.0. The molecule has 1 fully saturated rings. The molecule has 5 nitrogen and oxygen atoms in total. The molecule has 0 atom stereocenters. The lowest BCUT2D eigenvalue weighted by Gasteiger charge is -2.34. The van der Waals surface area contributed by atoms with Crippen LogP contribution in [0.2, 0.25) is 0 Å². The molecule has 5 heteroatoms. The van der Waals surface area contributed by atoms with E-state index in [1.165, 1.54) is 103 Å². The van der Waals surface area contributed by atoms with Gasteiger partial charge in [0.05, 0.1) is 0 Å². The Kier molecular flexibility index (Phi) is 34.6. The van der Waals surface area contributed by atoms with Crippen LogP contribution in [0.25, 0.3) is 0 Å². The summed E-state index contributed by atoms with van der Waals surface area (Å²) in [6.07, 6.45) is 52.8. The molecule has 0 aliphatic carbocycles. The van der Waals surface area contributed by atoms with Crippen LogP contribution in [0.4, 0.5) is 0 Å². The Bertz CT molecular complexity index is 959. The van der Waals surface area contributed by atoms with Gasteiger partial charge in [0.1, 0.15) is 0 Å². The monoisotopic (exact) mass is 767 g/mol. The first kappa shape index (κ1) is 50.9. The number of esters is 1. The van der Waals surface area contributed by atoms with Gasteiger partial charge in [0.15, 0.2) is 5.60 Å². The second-order valence-electron chi connectivity index (χ2n) is 16.7.